The number of nitrogens with zero attached hydrogens (tertiary/aromatic N) is 1. The molecule has 1 aromatic heterocycles. The largest absolute Gasteiger partial charge is 0.494 e. The Bertz CT molecular complexity index is 1210. The second kappa shape index (κ2) is 6.14. The number of benzene rings is 2. The summed E-state index contributed by atoms with van der Waals surface area (Å²) in [5.74, 6) is -1.22. The van der Waals surface area contributed by atoms with Gasteiger partial charge in [0.25, 0.3) is 5.56 Å². The van der Waals surface area contributed by atoms with Crippen molar-refractivity contribution < 1.29 is 14.6 Å². The summed E-state index contributed by atoms with van der Waals surface area (Å²) in [4.78, 5) is 39.0. The monoisotopic (exact) mass is 384 g/mol. The lowest BCUT2D eigenvalue weighted by atomic mass is 10.0. The number of aromatic amines is 1. The van der Waals surface area contributed by atoms with Gasteiger partial charge in [-0.2, -0.15) is 0 Å². The first-order valence-electron chi connectivity index (χ1n) is 8.03. The van der Waals surface area contributed by atoms with Crippen molar-refractivity contribution in [3.63, 3.8) is 0 Å². The first-order valence-corrected chi connectivity index (χ1v) is 8.41. The highest BCUT2D eigenvalue weighted by Crippen LogP contribution is 2.37. The molecule has 2 aromatic carbocycles. The van der Waals surface area contributed by atoms with Gasteiger partial charge < -0.3 is 9.84 Å². The number of rotatable bonds is 2. The van der Waals surface area contributed by atoms with E-state index in [4.69, 9.17) is 16.3 Å². The van der Waals surface area contributed by atoms with Gasteiger partial charge in [-0.25, -0.2) is 14.2 Å². The minimum atomic E-state index is -1.12. The van der Waals surface area contributed by atoms with Gasteiger partial charge in [0.1, 0.15) is 5.56 Å². The molecule has 0 bridgehead atoms. The minimum absolute atomic E-state index is 0.232. The van der Waals surface area contributed by atoms with Crippen LogP contribution in [-0.2, 0) is 4.74 Å². The quantitative estimate of drug-likeness (QED) is 0.661. The molecule has 2 heterocycles. The van der Waals surface area contributed by atoms with E-state index < -0.39 is 29.2 Å². The molecule has 0 amide bonds. The van der Waals surface area contributed by atoms with Crippen LogP contribution in [0.5, 0.6) is 5.88 Å². The van der Waals surface area contributed by atoms with E-state index in [2.05, 4.69) is 4.98 Å². The normalized spacial score (nSPS) is 15.5. The summed E-state index contributed by atoms with van der Waals surface area (Å²) in [6.45, 7) is 1.79. The highest BCUT2D eigenvalue weighted by atomic mass is 35.5. The third kappa shape index (κ3) is 2.63. The molecule has 0 saturated carbocycles. The lowest BCUT2D eigenvalue weighted by Gasteiger charge is -2.16. The predicted molar refractivity (Wildman–Crippen MR) is 97.8 cm³/mol. The maximum Gasteiger partial charge on any atom is 0.339 e. The van der Waals surface area contributed by atoms with Crippen molar-refractivity contribution in [3.8, 4) is 11.6 Å². The van der Waals surface area contributed by atoms with Crippen molar-refractivity contribution in [2.75, 3.05) is 0 Å². The fourth-order valence-electron chi connectivity index (χ4n) is 3.10. The van der Waals surface area contributed by atoms with E-state index in [0.29, 0.717) is 16.1 Å². The second-order valence-electron chi connectivity index (χ2n) is 6.14. The number of H-pyrrole nitrogens is 1. The molecule has 1 aliphatic heterocycles. The summed E-state index contributed by atoms with van der Waals surface area (Å²) in [5, 5.41) is 11.1. The van der Waals surface area contributed by atoms with Crippen molar-refractivity contribution in [2.45, 2.75) is 13.0 Å². The number of halogens is 1. The first-order chi connectivity index (χ1) is 12.9. The third-order valence-corrected chi connectivity index (χ3v) is 4.89. The van der Waals surface area contributed by atoms with Crippen LogP contribution in [-0.4, -0.2) is 20.6 Å². The van der Waals surface area contributed by atoms with Gasteiger partial charge in [0.15, 0.2) is 6.10 Å². The van der Waals surface area contributed by atoms with Crippen molar-refractivity contribution in [1.29, 1.82) is 0 Å². The fourth-order valence-corrected chi connectivity index (χ4v) is 3.27. The Hall–Kier alpha value is -3.32. The summed E-state index contributed by atoms with van der Waals surface area (Å²) < 4.78 is 6.21. The predicted octanol–water partition coefficient (Wildman–Crippen LogP) is 2.45. The van der Waals surface area contributed by atoms with E-state index in [1.807, 2.05) is 0 Å². The molecular formula is C19H13ClN2O5. The van der Waals surface area contributed by atoms with E-state index in [-0.39, 0.29) is 11.3 Å². The highest BCUT2D eigenvalue weighted by Gasteiger charge is 2.36. The number of nitrogens with one attached hydrogen (secondary N) is 1. The molecule has 8 heteroatoms. The number of ether oxygens (including phenoxy) is 1. The molecule has 0 unspecified atom stereocenters. The number of carbonyl (C=O) groups excluding carboxylic acids is 1. The van der Waals surface area contributed by atoms with E-state index in [0.717, 1.165) is 10.1 Å². The average molecular weight is 385 g/mol. The van der Waals surface area contributed by atoms with Gasteiger partial charge in [-0.05, 0) is 30.7 Å². The molecule has 3 aromatic rings. The molecule has 1 aliphatic rings. The summed E-state index contributed by atoms with van der Waals surface area (Å²) in [7, 11) is 0. The fraction of sp³-hybridized carbons (Fsp3) is 0.105. The third-order valence-electron chi connectivity index (χ3n) is 4.48. The zero-order chi connectivity index (χ0) is 19.3. The number of aromatic nitrogens is 2. The number of aryl methyl sites for hydroxylation is 1. The SMILES string of the molecule is Cc1ccc(-n2c(O)c([C@@H]3OC(=O)c4ccccc43)c(=O)[nH]c2=O)cc1Cl. The van der Waals surface area contributed by atoms with E-state index in [1.165, 1.54) is 6.07 Å². The van der Waals surface area contributed by atoms with Crippen LogP contribution in [0.25, 0.3) is 5.69 Å². The Balaban J connectivity index is 1.96. The number of aromatic hydroxyl groups is 1. The summed E-state index contributed by atoms with van der Waals surface area (Å²) in [6, 6.07) is 11.3. The molecule has 4 rings (SSSR count). The van der Waals surface area contributed by atoms with Crippen LogP contribution in [0.2, 0.25) is 5.02 Å². The van der Waals surface area contributed by atoms with Crippen LogP contribution in [0.1, 0.15) is 33.2 Å². The van der Waals surface area contributed by atoms with Crippen LogP contribution in [0, 0.1) is 6.92 Å². The lowest BCUT2D eigenvalue weighted by Crippen LogP contribution is -2.32. The van der Waals surface area contributed by atoms with Crippen LogP contribution in [0.15, 0.2) is 52.1 Å². The minimum Gasteiger partial charge on any atom is -0.494 e. The molecule has 136 valence electrons. The van der Waals surface area contributed by atoms with E-state index >= 15 is 0 Å². The van der Waals surface area contributed by atoms with Gasteiger partial charge in [-0.3, -0.25) is 9.78 Å². The highest BCUT2D eigenvalue weighted by molar-refractivity contribution is 6.31. The van der Waals surface area contributed by atoms with Crippen LogP contribution in [0.3, 0.4) is 0 Å². The van der Waals surface area contributed by atoms with Crippen molar-refractivity contribution in [3.05, 3.63) is 90.6 Å². The number of fused-ring (bicyclic) bond motifs is 1. The molecule has 0 aliphatic carbocycles. The maximum absolute atomic E-state index is 12.4. The molecule has 0 spiro atoms. The summed E-state index contributed by atoms with van der Waals surface area (Å²) in [5.41, 5.74) is -0.0998. The Morgan fingerprint density at radius 2 is 1.89 bits per heavy atom. The smallest absolute Gasteiger partial charge is 0.339 e. The van der Waals surface area contributed by atoms with Gasteiger partial charge >= 0.3 is 11.7 Å². The van der Waals surface area contributed by atoms with Gasteiger partial charge in [0.2, 0.25) is 5.88 Å². The van der Waals surface area contributed by atoms with Crippen molar-refractivity contribution in [1.82, 2.24) is 9.55 Å². The molecule has 2 N–H and O–H groups in total. The zero-order valence-corrected chi connectivity index (χ0v) is 14.8. The van der Waals surface area contributed by atoms with Gasteiger partial charge in [-0.15, -0.1) is 0 Å². The Morgan fingerprint density at radius 3 is 2.63 bits per heavy atom. The van der Waals surface area contributed by atoms with Crippen molar-refractivity contribution in [2.24, 2.45) is 0 Å². The second-order valence-corrected chi connectivity index (χ2v) is 6.55. The summed E-state index contributed by atoms with van der Waals surface area (Å²) in [6.07, 6.45) is -1.12. The first kappa shape index (κ1) is 17.1. The molecular weight excluding hydrogens is 372 g/mol. The molecule has 0 fully saturated rings. The number of hydrogen-bond donors (Lipinski definition) is 2. The van der Waals surface area contributed by atoms with E-state index in [9.17, 15) is 19.5 Å². The van der Waals surface area contributed by atoms with Gasteiger partial charge in [0.05, 0.1) is 11.3 Å². The molecule has 1 atom stereocenters. The zero-order valence-electron chi connectivity index (χ0n) is 14.0. The Kier molecular flexibility index (Phi) is 3.89. The van der Waals surface area contributed by atoms with Crippen molar-refractivity contribution >= 4 is 17.6 Å². The molecule has 27 heavy (non-hydrogen) atoms. The molecule has 0 radical (unpaired) electrons. The number of esters is 1. The average Bonchev–Trinajstić information content (AvgIpc) is 2.95. The van der Waals surface area contributed by atoms with Crippen LogP contribution in [0.4, 0.5) is 0 Å². The number of carbonyl (C=O) groups is 1. The standard InChI is InChI=1S/C19H13ClN2O5/c1-9-6-7-10(8-13(9)20)22-17(24)14(16(23)21-19(22)26)15-11-4-2-3-5-12(11)18(25)27-15/h2-8,15,24H,1H3,(H,21,23,26)/t15-/m1/s1. The number of hydrogen-bond acceptors (Lipinski definition) is 5. The number of cyclic esters (lactones) is 1. The topological polar surface area (TPSA) is 101 Å². The molecule has 0 saturated heterocycles. The van der Waals surface area contributed by atoms with Gasteiger partial charge in [0, 0.05) is 10.6 Å². The van der Waals surface area contributed by atoms with Gasteiger partial charge in [-0.1, -0.05) is 35.9 Å². The van der Waals surface area contributed by atoms with Crippen LogP contribution >= 0.6 is 11.6 Å². The van der Waals surface area contributed by atoms with Crippen LogP contribution < -0.4 is 11.2 Å². The summed E-state index contributed by atoms with van der Waals surface area (Å²) >= 11 is 6.11. The maximum atomic E-state index is 12.4. The molecule has 7 nitrogen and oxygen atoms in total. The Labute approximate surface area is 157 Å². The van der Waals surface area contributed by atoms with E-state index in [1.54, 1.807) is 43.3 Å². The Morgan fingerprint density at radius 1 is 1.15 bits per heavy atom. The lowest BCUT2D eigenvalue weighted by molar-refractivity contribution is 0.0449.